The fraction of sp³-hybridized carbons (Fsp3) is 0.636. The van der Waals surface area contributed by atoms with Gasteiger partial charge in [-0.1, -0.05) is 19.8 Å². The van der Waals surface area contributed by atoms with Crippen LogP contribution in [0.4, 0.5) is 0 Å². The molecule has 16 heavy (non-hydrogen) atoms. The molecule has 0 saturated heterocycles. The lowest BCUT2D eigenvalue weighted by Crippen LogP contribution is -2.41. The predicted molar refractivity (Wildman–Crippen MR) is 66.1 cm³/mol. The van der Waals surface area contributed by atoms with Crippen LogP contribution in [-0.2, 0) is 11.3 Å². The van der Waals surface area contributed by atoms with Crippen molar-refractivity contribution in [3.8, 4) is 0 Å². The topological polar surface area (TPSA) is 59.2 Å². The van der Waals surface area contributed by atoms with Crippen LogP contribution in [-0.4, -0.2) is 28.9 Å². The molecule has 1 aromatic heterocycles. The Kier molecular flexibility index (Phi) is 5.42. The number of unbranched alkanes of at least 4 members (excludes halogenated alkanes) is 1. The van der Waals surface area contributed by atoms with Gasteiger partial charge < -0.3 is 10.6 Å². The number of nitrogens with zero attached hydrogens (tertiary/aromatic N) is 2. The standard InChI is InChI=1S/C11H19N3OS/c1-3-4-5-10(12)11(15)14(2)6-9-7-16-8-13-9/h7-8,10H,3-6,12H2,1-2H3/t10-/m0/s1. The minimum atomic E-state index is -0.372. The van der Waals surface area contributed by atoms with Gasteiger partial charge in [-0.2, -0.15) is 0 Å². The first kappa shape index (κ1) is 13.1. The van der Waals surface area contributed by atoms with Gasteiger partial charge in [0.05, 0.1) is 23.8 Å². The van der Waals surface area contributed by atoms with Gasteiger partial charge in [0.15, 0.2) is 0 Å². The number of carbonyl (C=O) groups is 1. The highest BCUT2D eigenvalue weighted by Crippen LogP contribution is 2.07. The third-order valence-electron chi connectivity index (χ3n) is 2.44. The maximum Gasteiger partial charge on any atom is 0.239 e. The maximum absolute atomic E-state index is 11.9. The van der Waals surface area contributed by atoms with Gasteiger partial charge in [-0.3, -0.25) is 4.79 Å². The normalized spacial score (nSPS) is 12.4. The third-order valence-corrected chi connectivity index (χ3v) is 3.08. The Morgan fingerprint density at radius 3 is 3.00 bits per heavy atom. The molecule has 0 fully saturated rings. The monoisotopic (exact) mass is 241 g/mol. The number of nitrogens with two attached hydrogens (primary N) is 1. The molecule has 0 aliphatic carbocycles. The van der Waals surface area contributed by atoms with Crippen molar-refractivity contribution < 1.29 is 4.79 Å². The van der Waals surface area contributed by atoms with Crippen LogP contribution in [0, 0.1) is 0 Å². The lowest BCUT2D eigenvalue weighted by molar-refractivity contribution is -0.132. The quantitative estimate of drug-likeness (QED) is 0.823. The van der Waals surface area contributed by atoms with Crippen LogP contribution < -0.4 is 5.73 Å². The Hall–Kier alpha value is -0.940. The van der Waals surface area contributed by atoms with Crippen LogP contribution in [0.5, 0.6) is 0 Å². The highest BCUT2D eigenvalue weighted by atomic mass is 32.1. The largest absolute Gasteiger partial charge is 0.338 e. The van der Waals surface area contributed by atoms with Gasteiger partial charge in [-0.05, 0) is 6.42 Å². The number of hydrogen-bond acceptors (Lipinski definition) is 4. The average molecular weight is 241 g/mol. The number of carbonyl (C=O) groups excluding carboxylic acids is 1. The lowest BCUT2D eigenvalue weighted by Gasteiger charge is -2.20. The molecule has 1 rings (SSSR count). The summed E-state index contributed by atoms with van der Waals surface area (Å²) in [5, 5.41) is 1.95. The molecule has 5 heteroatoms. The Bertz CT molecular complexity index is 313. The maximum atomic E-state index is 11.9. The Balaban J connectivity index is 2.41. The summed E-state index contributed by atoms with van der Waals surface area (Å²) in [6.07, 6.45) is 2.82. The molecule has 0 saturated carbocycles. The molecule has 0 aliphatic rings. The molecule has 1 atom stereocenters. The predicted octanol–water partition coefficient (Wildman–Crippen LogP) is 1.62. The van der Waals surface area contributed by atoms with Crippen LogP contribution in [0.2, 0.25) is 0 Å². The summed E-state index contributed by atoms with van der Waals surface area (Å²) in [6.45, 7) is 2.64. The molecule has 0 radical (unpaired) electrons. The number of thiazole rings is 1. The zero-order valence-electron chi connectivity index (χ0n) is 9.85. The first-order valence-electron chi connectivity index (χ1n) is 5.52. The van der Waals surface area contributed by atoms with Gasteiger partial charge in [-0.25, -0.2) is 4.98 Å². The summed E-state index contributed by atoms with van der Waals surface area (Å²) in [5.41, 5.74) is 8.51. The Labute approximate surface area is 100 Å². The summed E-state index contributed by atoms with van der Waals surface area (Å²) in [7, 11) is 1.77. The second-order valence-electron chi connectivity index (χ2n) is 3.92. The summed E-state index contributed by atoms with van der Waals surface area (Å²) in [4.78, 5) is 17.6. The molecule has 0 spiro atoms. The zero-order valence-corrected chi connectivity index (χ0v) is 10.7. The number of amides is 1. The van der Waals surface area contributed by atoms with Crippen molar-refractivity contribution >= 4 is 17.2 Å². The van der Waals surface area contributed by atoms with Crippen molar-refractivity contribution in [2.75, 3.05) is 7.05 Å². The Morgan fingerprint density at radius 2 is 2.44 bits per heavy atom. The van der Waals surface area contributed by atoms with E-state index in [-0.39, 0.29) is 11.9 Å². The van der Waals surface area contributed by atoms with Crippen LogP contribution in [0.1, 0.15) is 31.9 Å². The fourth-order valence-corrected chi connectivity index (χ4v) is 2.02. The molecular formula is C11H19N3OS. The molecule has 2 N–H and O–H groups in total. The number of hydrogen-bond donors (Lipinski definition) is 1. The summed E-state index contributed by atoms with van der Waals surface area (Å²) in [6, 6.07) is -0.372. The van der Waals surface area contributed by atoms with Gasteiger partial charge in [0, 0.05) is 12.4 Å². The molecule has 1 amide bonds. The van der Waals surface area contributed by atoms with Crippen LogP contribution >= 0.6 is 11.3 Å². The van der Waals surface area contributed by atoms with E-state index in [4.69, 9.17) is 5.73 Å². The van der Waals surface area contributed by atoms with Crippen molar-refractivity contribution in [2.45, 2.75) is 38.8 Å². The van der Waals surface area contributed by atoms with Crippen LogP contribution in [0.3, 0.4) is 0 Å². The van der Waals surface area contributed by atoms with E-state index in [0.717, 1.165) is 25.0 Å². The highest BCUT2D eigenvalue weighted by molar-refractivity contribution is 7.07. The molecule has 1 aromatic rings. The van der Waals surface area contributed by atoms with Crippen LogP contribution in [0.15, 0.2) is 10.9 Å². The third kappa shape index (κ3) is 3.90. The first-order chi connectivity index (χ1) is 7.65. The first-order valence-corrected chi connectivity index (χ1v) is 6.47. The second kappa shape index (κ2) is 6.60. The highest BCUT2D eigenvalue weighted by Gasteiger charge is 2.17. The van der Waals surface area contributed by atoms with E-state index in [1.165, 1.54) is 11.3 Å². The molecular weight excluding hydrogens is 222 g/mol. The number of rotatable bonds is 6. The van der Waals surface area contributed by atoms with Gasteiger partial charge in [0.2, 0.25) is 5.91 Å². The van der Waals surface area contributed by atoms with Crippen molar-refractivity contribution in [3.05, 3.63) is 16.6 Å². The van der Waals surface area contributed by atoms with Gasteiger partial charge in [0.1, 0.15) is 0 Å². The van der Waals surface area contributed by atoms with E-state index in [2.05, 4.69) is 11.9 Å². The second-order valence-corrected chi connectivity index (χ2v) is 4.64. The minimum Gasteiger partial charge on any atom is -0.338 e. The number of likely N-dealkylation sites (N-methyl/N-ethyl adjacent to an activating group) is 1. The van der Waals surface area contributed by atoms with Crippen LogP contribution in [0.25, 0.3) is 0 Å². The van der Waals surface area contributed by atoms with Crippen molar-refractivity contribution in [3.63, 3.8) is 0 Å². The van der Waals surface area contributed by atoms with E-state index in [1.807, 2.05) is 5.38 Å². The van der Waals surface area contributed by atoms with E-state index in [9.17, 15) is 4.79 Å². The molecule has 90 valence electrons. The fourth-order valence-electron chi connectivity index (χ4n) is 1.47. The Morgan fingerprint density at radius 1 is 1.69 bits per heavy atom. The summed E-state index contributed by atoms with van der Waals surface area (Å²) < 4.78 is 0. The smallest absolute Gasteiger partial charge is 0.239 e. The molecule has 1 heterocycles. The van der Waals surface area contributed by atoms with Gasteiger partial charge in [0.25, 0.3) is 0 Å². The van der Waals surface area contributed by atoms with Crippen molar-refractivity contribution in [2.24, 2.45) is 5.73 Å². The lowest BCUT2D eigenvalue weighted by atomic mass is 10.1. The SMILES string of the molecule is CCCC[C@H](N)C(=O)N(C)Cc1cscn1. The van der Waals surface area contributed by atoms with Crippen molar-refractivity contribution in [1.29, 1.82) is 0 Å². The molecule has 0 aromatic carbocycles. The van der Waals surface area contributed by atoms with E-state index < -0.39 is 0 Å². The zero-order chi connectivity index (χ0) is 12.0. The van der Waals surface area contributed by atoms with Gasteiger partial charge >= 0.3 is 0 Å². The van der Waals surface area contributed by atoms with Gasteiger partial charge in [-0.15, -0.1) is 11.3 Å². The molecule has 4 nitrogen and oxygen atoms in total. The average Bonchev–Trinajstić information content (AvgIpc) is 2.77. The molecule has 0 aliphatic heterocycles. The van der Waals surface area contributed by atoms with E-state index in [0.29, 0.717) is 6.54 Å². The molecule has 0 unspecified atom stereocenters. The molecule has 0 bridgehead atoms. The minimum absolute atomic E-state index is 0.00134. The van der Waals surface area contributed by atoms with E-state index in [1.54, 1.807) is 17.5 Å². The summed E-state index contributed by atoms with van der Waals surface area (Å²) >= 11 is 1.54. The van der Waals surface area contributed by atoms with E-state index >= 15 is 0 Å². The number of aromatic nitrogens is 1. The summed E-state index contributed by atoms with van der Waals surface area (Å²) in [5.74, 6) is 0.00134. The van der Waals surface area contributed by atoms with Crippen molar-refractivity contribution in [1.82, 2.24) is 9.88 Å².